The first-order valence-electron chi connectivity index (χ1n) is 10.5. The number of amides is 1. The van der Waals surface area contributed by atoms with Crippen molar-refractivity contribution in [2.45, 2.75) is 24.2 Å². The number of nitrogens with one attached hydrogen (secondary N) is 2. The van der Waals surface area contributed by atoms with Gasteiger partial charge in [0, 0.05) is 23.9 Å². The van der Waals surface area contributed by atoms with Gasteiger partial charge in [-0.2, -0.15) is 0 Å². The minimum atomic E-state index is -3.36. The highest BCUT2D eigenvalue weighted by Crippen LogP contribution is 2.28. The van der Waals surface area contributed by atoms with Crippen molar-refractivity contribution in [2.75, 3.05) is 12.8 Å². The summed E-state index contributed by atoms with van der Waals surface area (Å²) in [6.45, 7) is 0.477. The fourth-order valence-corrected chi connectivity index (χ4v) is 4.32. The molecule has 172 valence electrons. The second-order valence-corrected chi connectivity index (χ2v) is 9.66. The van der Waals surface area contributed by atoms with Gasteiger partial charge < -0.3 is 15.8 Å². The second kappa shape index (κ2) is 10.8. The lowest BCUT2D eigenvalue weighted by Crippen LogP contribution is -2.27. The minimum absolute atomic E-state index is 0.0499. The number of carbonyl (C=O) groups excluding carboxylic acids is 1. The van der Waals surface area contributed by atoms with Gasteiger partial charge in [0.2, 0.25) is 0 Å². The highest BCUT2D eigenvalue weighted by molar-refractivity contribution is 7.90. The molecule has 0 saturated carbocycles. The molecular formula is C25H27N3O4S. The number of nitrogen functional groups attached to an aromatic ring is 1. The van der Waals surface area contributed by atoms with Gasteiger partial charge in [0.25, 0.3) is 0 Å². The SMILES string of the molecule is CS(=O)(=O)c1ccccc1-c1ccc(OC(=O)NCCCCc2cccc(C(=N)N)c2)cc1. The van der Waals surface area contributed by atoms with Crippen LogP contribution in [-0.2, 0) is 16.3 Å². The molecule has 0 aliphatic carbocycles. The maximum atomic E-state index is 12.1. The summed E-state index contributed by atoms with van der Waals surface area (Å²) in [4.78, 5) is 12.3. The Morgan fingerprint density at radius 2 is 1.73 bits per heavy atom. The van der Waals surface area contributed by atoms with Crippen molar-refractivity contribution in [1.29, 1.82) is 5.41 Å². The van der Waals surface area contributed by atoms with Crippen molar-refractivity contribution in [1.82, 2.24) is 5.32 Å². The molecule has 3 aromatic rings. The lowest BCUT2D eigenvalue weighted by molar-refractivity contribution is 0.200. The van der Waals surface area contributed by atoms with E-state index in [1.165, 1.54) is 6.26 Å². The van der Waals surface area contributed by atoms with Gasteiger partial charge in [-0.25, -0.2) is 13.2 Å². The Morgan fingerprint density at radius 1 is 1.00 bits per heavy atom. The summed E-state index contributed by atoms with van der Waals surface area (Å²) < 4.78 is 29.3. The molecule has 0 saturated heterocycles. The molecule has 3 rings (SSSR count). The third-order valence-electron chi connectivity index (χ3n) is 5.06. The van der Waals surface area contributed by atoms with Gasteiger partial charge in [0.15, 0.2) is 9.84 Å². The van der Waals surface area contributed by atoms with E-state index < -0.39 is 15.9 Å². The number of benzene rings is 3. The Labute approximate surface area is 194 Å². The maximum absolute atomic E-state index is 12.1. The van der Waals surface area contributed by atoms with Crippen LogP contribution in [-0.4, -0.2) is 33.1 Å². The number of rotatable bonds is 9. The topological polar surface area (TPSA) is 122 Å². The Hall–Kier alpha value is -3.65. The average Bonchev–Trinajstić information content (AvgIpc) is 2.79. The molecule has 0 heterocycles. The third kappa shape index (κ3) is 6.92. The highest BCUT2D eigenvalue weighted by Gasteiger charge is 2.14. The fourth-order valence-electron chi connectivity index (χ4n) is 3.41. The van der Waals surface area contributed by atoms with Crippen LogP contribution in [0.4, 0.5) is 4.79 Å². The molecule has 0 aliphatic heterocycles. The number of carbonyl (C=O) groups is 1. The molecule has 3 aromatic carbocycles. The molecule has 0 aliphatic rings. The number of amidine groups is 1. The number of hydrogen-bond donors (Lipinski definition) is 3. The first-order valence-corrected chi connectivity index (χ1v) is 12.4. The van der Waals surface area contributed by atoms with Gasteiger partial charge in [-0.05, 0) is 54.7 Å². The van der Waals surface area contributed by atoms with E-state index in [1.807, 2.05) is 18.2 Å². The molecule has 0 bridgehead atoms. The zero-order valence-corrected chi connectivity index (χ0v) is 19.2. The molecule has 33 heavy (non-hydrogen) atoms. The van der Waals surface area contributed by atoms with Crippen molar-refractivity contribution >= 4 is 21.8 Å². The zero-order valence-electron chi connectivity index (χ0n) is 18.4. The van der Waals surface area contributed by atoms with Crippen LogP contribution in [0, 0.1) is 5.41 Å². The fraction of sp³-hybridized carbons (Fsp3) is 0.200. The van der Waals surface area contributed by atoms with Crippen molar-refractivity contribution in [2.24, 2.45) is 5.73 Å². The quantitative estimate of drug-likeness (QED) is 0.249. The van der Waals surface area contributed by atoms with Crippen molar-refractivity contribution < 1.29 is 17.9 Å². The highest BCUT2D eigenvalue weighted by atomic mass is 32.2. The van der Waals surface area contributed by atoms with E-state index in [-0.39, 0.29) is 10.7 Å². The molecule has 1 amide bonds. The van der Waals surface area contributed by atoms with E-state index >= 15 is 0 Å². The van der Waals surface area contributed by atoms with Gasteiger partial charge in [-0.3, -0.25) is 5.41 Å². The van der Waals surface area contributed by atoms with Crippen molar-refractivity contribution in [3.63, 3.8) is 0 Å². The molecule has 0 fully saturated rings. The summed E-state index contributed by atoms with van der Waals surface area (Å²) in [6.07, 6.45) is 3.11. The van der Waals surface area contributed by atoms with E-state index in [9.17, 15) is 13.2 Å². The van der Waals surface area contributed by atoms with Crippen LogP contribution >= 0.6 is 0 Å². The van der Waals surface area contributed by atoms with E-state index in [2.05, 4.69) is 5.32 Å². The molecule has 0 spiro atoms. The van der Waals surface area contributed by atoms with Crippen LogP contribution < -0.4 is 15.8 Å². The van der Waals surface area contributed by atoms with Crippen LogP contribution in [0.15, 0.2) is 77.7 Å². The predicted octanol–water partition coefficient (Wildman–Crippen LogP) is 4.15. The predicted molar refractivity (Wildman–Crippen MR) is 129 cm³/mol. The molecule has 0 unspecified atom stereocenters. The molecule has 4 N–H and O–H groups in total. The third-order valence-corrected chi connectivity index (χ3v) is 6.22. The first kappa shape index (κ1) is 24.0. The maximum Gasteiger partial charge on any atom is 0.412 e. The number of sulfone groups is 1. The molecule has 7 nitrogen and oxygen atoms in total. The normalized spacial score (nSPS) is 11.1. The summed E-state index contributed by atoms with van der Waals surface area (Å²) in [5.41, 5.74) is 8.64. The second-order valence-electron chi connectivity index (χ2n) is 7.68. The number of ether oxygens (including phenoxy) is 1. The number of hydrogen-bond acceptors (Lipinski definition) is 5. The van der Waals surface area contributed by atoms with E-state index in [1.54, 1.807) is 54.6 Å². The van der Waals surface area contributed by atoms with Crippen LogP contribution in [0.25, 0.3) is 11.1 Å². The standard InChI is InChI=1S/C25H27N3O4S/c1-33(30,31)23-11-3-2-10-22(23)19-12-14-21(15-13-19)32-25(29)28-16-5-4-7-18-8-6-9-20(17-18)24(26)27/h2-3,6,8-15,17H,4-5,7,16H2,1H3,(H3,26,27)(H,28,29). The van der Waals surface area contributed by atoms with Crippen LogP contribution in [0.3, 0.4) is 0 Å². The summed E-state index contributed by atoms with van der Waals surface area (Å²) in [7, 11) is -3.36. The van der Waals surface area contributed by atoms with Gasteiger partial charge in [0.05, 0.1) is 4.90 Å². The lowest BCUT2D eigenvalue weighted by atomic mass is 10.0. The Kier molecular flexibility index (Phi) is 7.84. The molecule has 0 aromatic heterocycles. The molecule has 8 heteroatoms. The zero-order chi connectivity index (χ0) is 23.8. The van der Waals surface area contributed by atoms with Crippen LogP contribution in [0.5, 0.6) is 5.75 Å². The number of aryl methyl sites for hydroxylation is 1. The van der Waals surface area contributed by atoms with E-state index in [0.717, 1.165) is 30.4 Å². The molecule has 0 atom stereocenters. The van der Waals surface area contributed by atoms with Gasteiger partial charge in [-0.15, -0.1) is 0 Å². The van der Waals surface area contributed by atoms with Crippen molar-refractivity contribution in [3.8, 4) is 16.9 Å². The smallest absolute Gasteiger partial charge is 0.410 e. The Morgan fingerprint density at radius 3 is 2.42 bits per heavy atom. The summed E-state index contributed by atoms with van der Waals surface area (Å²) in [5.74, 6) is 0.419. The summed E-state index contributed by atoms with van der Waals surface area (Å²) in [6, 6.07) is 21.1. The van der Waals surface area contributed by atoms with Gasteiger partial charge in [0.1, 0.15) is 11.6 Å². The lowest BCUT2D eigenvalue weighted by Gasteiger charge is -2.10. The Bertz CT molecular complexity index is 1240. The average molecular weight is 466 g/mol. The summed E-state index contributed by atoms with van der Waals surface area (Å²) in [5, 5.41) is 10.2. The number of unbranched alkanes of at least 4 members (excludes halogenated alkanes) is 1. The molecular weight excluding hydrogens is 438 g/mol. The largest absolute Gasteiger partial charge is 0.412 e. The number of nitrogens with two attached hydrogens (primary N) is 1. The van der Waals surface area contributed by atoms with E-state index in [0.29, 0.717) is 23.4 Å². The monoisotopic (exact) mass is 465 g/mol. The van der Waals surface area contributed by atoms with E-state index in [4.69, 9.17) is 15.9 Å². The minimum Gasteiger partial charge on any atom is -0.410 e. The van der Waals surface area contributed by atoms with Gasteiger partial charge >= 0.3 is 6.09 Å². The summed E-state index contributed by atoms with van der Waals surface area (Å²) >= 11 is 0. The van der Waals surface area contributed by atoms with Crippen LogP contribution in [0.1, 0.15) is 24.0 Å². The first-order chi connectivity index (χ1) is 15.7. The van der Waals surface area contributed by atoms with Crippen molar-refractivity contribution in [3.05, 3.63) is 83.9 Å². The van der Waals surface area contributed by atoms with Crippen LogP contribution in [0.2, 0.25) is 0 Å². The van der Waals surface area contributed by atoms with Gasteiger partial charge in [-0.1, -0.05) is 48.5 Å². The molecule has 0 radical (unpaired) electrons. The Balaban J connectivity index is 1.47.